The summed E-state index contributed by atoms with van der Waals surface area (Å²) in [5.41, 5.74) is 0.807. The molecule has 1 fully saturated rings. The molecule has 4 heteroatoms. The molecule has 1 amide bonds. The van der Waals surface area contributed by atoms with Gasteiger partial charge in [0.1, 0.15) is 0 Å². The van der Waals surface area contributed by atoms with Crippen LogP contribution in [0.25, 0.3) is 0 Å². The van der Waals surface area contributed by atoms with Crippen molar-refractivity contribution in [3.05, 3.63) is 33.4 Å². The van der Waals surface area contributed by atoms with Crippen LogP contribution in [-0.4, -0.2) is 37.0 Å². The maximum absolute atomic E-state index is 12.4. The second-order valence-electron chi connectivity index (χ2n) is 4.40. The largest absolute Gasteiger partial charge is 0.337 e. The van der Waals surface area contributed by atoms with E-state index in [0.29, 0.717) is 6.04 Å². The second-order valence-corrected chi connectivity index (χ2v) is 5.56. The Hall–Kier alpha value is -0.620. The highest BCUT2D eigenvalue weighted by Crippen LogP contribution is 2.16. The van der Waals surface area contributed by atoms with Crippen LogP contribution >= 0.6 is 22.6 Å². The van der Waals surface area contributed by atoms with E-state index >= 15 is 0 Å². The first-order chi connectivity index (χ1) is 8.20. The average molecular weight is 344 g/mol. The summed E-state index contributed by atoms with van der Waals surface area (Å²) in [4.78, 5) is 14.2. The van der Waals surface area contributed by atoms with Crippen molar-refractivity contribution in [3.63, 3.8) is 0 Å². The normalized spacial score (nSPS) is 20.0. The van der Waals surface area contributed by atoms with E-state index in [1.165, 1.54) is 0 Å². The quantitative estimate of drug-likeness (QED) is 0.834. The third-order valence-electron chi connectivity index (χ3n) is 3.24. The molecule has 1 aliphatic rings. The molecule has 2 rings (SSSR count). The summed E-state index contributed by atoms with van der Waals surface area (Å²) in [5.74, 6) is 0.128. The van der Waals surface area contributed by atoms with Gasteiger partial charge in [-0.2, -0.15) is 0 Å². The van der Waals surface area contributed by atoms with Crippen LogP contribution in [0.4, 0.5) is 0 Å². The second kappa shape index (κ2) is 5.82. The van der Waals surface area contributed by atoms with Crippen LogP contribution in [-0.2, 0) is 0 Å². The van der Waals surface area contributed by atoms with E-state index in [4.69, 9.17) is 0 Å². The van der Waals surface area contributed by atoms with Crippen molar-refractivity contribution in [1.82, 2.24) is 10.2 Å². The fourth-order valence-electron chi connectivity index (χ4n) is 2.15. The monoisotopic (exact) mass is 344 g/mol. The summed E-state index contributed by atoms with van der Waals surface area (Å²) in [5, 5.41) is 3.34. The minimum absolute atomic E-state index is 0.128. The van der Waals surface area contributed by atoms with Gasteiger partial charge >= 0.3 is 0 Å². The van der Waals surface area contributed by atoms with Crippen molar-refractivity contribution in [2.45, 2.75) is 18.9 Å². The van der Waals surface area contributed by atoms with Crippen molar-refractivity contribution in [3.8, 4) is 0 Å². The van der Waals surface area contributed by atoms with Gasteiger partial charge in [-0.25, -0.2) is 0 Å². The Morgan fingerprint density at radius 1 is 1.47 bits per heavy atom. The number of hydrogen-bond acceptors (Lipinski definition) is 2. The highest BCUT2D eigenvalue weighted by Gasteiger charge is 2.23. The van der Waals surface area contributed by atoms with Gasteiger partial charge in [0.2, 0.25) is 0 Å². The standard InChI is InChI=1S/C13H17IN2O/c1-16(10-5-4-8-15-9-10)13(17)11-6-2-3-7-12(11)14/h2-3,6-7,10,15H,4-5,8-9H2,1H3. The molecule has 1 atom stereocenters. The fraction of sp³-hybridized carbons (Fsp3) is 0.462. The van der Waals surface area contributed by atoms with Crippen LogP contribution in [0, 0.1) is 3.57 Å². The number of nitrogens with zero attached hydrogens (tertiary/aromatic N) is 1. The zero-order valence-electron chi connectivity index (χ0n) is 9.95. The van der Waals surface area contributed by atoms with Crippen LogP contribution < -0.4 is 5.32 Å². The number of piperidine rings is 1. The van der Waals surface area contributed by atoms with Gasteiger partial charge in [-0.15, -0.1) is 0 Å². The molecule has 1 aromatic rings. The summed E-state index contributed by atoms with van der Waals surface area (Å²) in [6.07, 6.45) is 2.24. The highest BCUT2D eigenvalue weighted by atomic mass is 127. The first-order valence-electron chi connectivity index (χ1n) is 5.92. The molecule has 17 heavy (non-hydrogen) atoms. The minimum Gasteiger partial charge on any atom is -0.337 e. The third-order valence-corrected chi connectivity index (χ3v) is 4.18. The molecular weight excluding hydrogens is 327 g/mol. The van der Waals surface area contributed by atoms with Crippen LogP contribution in [0.2, 0.25) is 0 Å². The first kappa shape index (κ1) is 12.8. The van der Waals surface area contributed by atoms with Gasteiger partial charge in [0.15, 0.2) is 0 Å². The Morgan fingerprint density at radius 3 is 2.88 bits per heavy atom. The van der Waals surface area contributed by atoms with Crippen LogP contribution in [0.1, 0.15) is 23.2 Å². The Labute approximate surface area is 116 Å². The number of rotatable bonds is 2. The molecule has 1 aromatic carbocycles. The topological polar surface area (TPSA) is 32.3 Å². The van der Waals surface area contributed by atoms with E-state index in [-0.39, 0.29) is 5.91 Å². The third kappa shape index (κ3) is 2.98. The molecule has 1 unspecified atom stereocenters. The lowest BCUT2D eigenvalue weighted by Crippen LogP contribution is -2.46. The van der Waals surface area contributed by atoms with Gasteiger partial charge in [-0.3, -0.25) is 4.79 Å². The van der Waals surface area contributed by atoms with Crippen LogP contribution in [0.15, 0.2) is 24.3 Å². The molecule has 3 nitrogen and oxygen atoms in total. The number of hydrogen-bond donors (Lipinski definition) is 1. The van der Waals surface area contributed by atoms with Crippen molar-refractivity contribution >= 4 is 28.5 Å². The average Bonchev–Trinajstić information content (AvgIpc) is 2.39. The molecular formula is C13H17IN2O. The van der Waals surface area contributed by atoms with Crippen LogP contribution in [0.3, 0.4) is 0 Å². The summed E-state index contributed by atoms with van der Waals surface area (Å²) in [6, 6.07) is 8.08. The summed E-state index contributed by atoms with van der Waals surface area (Å²) < 4.78 is 1.02. The van der Waals surface area contributed by atoms with E-state index in [9.17, 15) is 4.79 Å². The van der Waals surface area contributed by atoms with Gasteiger partial charge in [0.05, 0.1) is 5.56 Å². The maximum Gasteiger partial charge on any atom is 0.254 e. The molecule has 1 N–H and O–H groups in total. The van der Waals surface area contributed by atoms with Gasteiger partial charge < -0.3 is 10.2 Å². The first-order valence-corrected chi connectivity index (χ1v) is 7.00. The van der Waals surface area contributed by atoms with Gasteiger partial charge in [-0.1, -0.05) is 12.1 Å². The van der Waals surface area contributed by atoms with E-state index in [1.807, 2.05) is 36.2 Å². The molecule has 0 saturated carbocycles. The Bertz CT molecular complexity index is 402. The number of benzene rings is 1. The Balaban J connectivity index is 2.11. The van der Waals surface area contributed by atoms with E-state index < -0.39 is 0 Å². The number of amides is 1. The fourth-order valence-corrected chi connectivity index (χ4v) is 2.77. The number of nitrogens with one attached hydrogen (secondary N) is 1. The zero-order chi connectivity index (χ0) is 12.3. The molecule has 0 radical (unpaired) electrons. The zero-order valence-corrected chi connectivity index (χ0v) is 12.1. The maximum atomic E-state index is 12.4. The molecule has 0 bridgehead atoms. The van der Waals surface area contributed by atoms with Crippen molar-refractivity contribution in [2.24, 2.45) is 0 Å². The van der Waals surface area contributed by atoms with Gasteiger partial charge in [0.25, 0.3) is 5.91 Å². The van der Waals surface area contributed by atoms with Crippen molar-refractivity contribution in [1.29, 1.82) is 0 Å². The van der Waals surface area contributed by atoms with Gasteiger partial charge in [-0.05, 0) is 54.1 Å². The Kier molecular flexibility index (Phi) is 4.39. The lowest BCUT2D eigenvalue weighted by molar-refractivity contribution is 0.0707. The summed E-state index contributed by atoms with van der Waals surface area (Å²) in [7, 11) is 1.91. The molecule has 1 aliphatic heterocycles. The Morgan fingerprint density at radius 2 is 2.24 bits per heavy atom. The minimum atomic E-state index is 0.128. The van der Waals surface area contributed by atoms with Crippen LogP contribution in [0.5, 0.6) is 0 Å². The van der Waals surface area contributed by atoms with Gasteiger partial charge in [0, 0.05) is 23.2 Å². The lowest BCUT2D eigenvalue weighted by atomic mass is 10.1. The van der Waals surface area contributed by atoms with E-state index in [1.54, 1.807) is 0 Å². The smallest absolute Gasteiger partial charge is 0.254 e. The van der Waals surface area contributed by atoms with E-state index in [0.717, 1.165) is 35.1 Å². The lowest BCUT2D eigenvalue weighted by Gasteiger charge is -2.32. The summed E-state index contributed by atoms with van der Waals surface area (Å²) >= 11 is 2.22. The molecule has 0 aromatic heterocycles. The number of halogens is 1. The predicted octanol–water partition coefficient (Wildman–Crippen LogP) is 2.12. The number of likely N-dealkylation sites (N-methyl/N-ethyl adjacent to an activating group) is 1. The highest BCUT2D eigenvalue weighted by molar-refractivity contribution is 14.1. The predicted molar refractivity (Wildman–Crippen MR) is 77.1 cm³/mol. The van der Waals surface area contributed by atoms with E-state index in [2.05, 4.69) is 27.9 Å². The SMILES string of the molecule is CN(C(=O)c1ccccc1I)C1CCCNC1. The molecule has 1 heterocycles. The summed E-state index contributed by atoms with van der Waals surface area (Å²) in [6.45, 7) is 1.98. The number of carbonyl (C=O) groups excluding carboxylic acids is 1. The molecule has 92 valence electrons. The number of carbonyl (C=O) groups is 1. The molecule has 1 saturated heterocycles. The molecule has 0 spiro atoms. The van der Waals surface area contributed by atoms with Crippen molar-refractivity contribution < 1.29 is 4.79 Å². The molecule has 0 aliphatic carbocycles. The van der Waals surface area contributed by atoms with Crippen molar-refractivity contribution in [2.75, 3.05) is 20.1 Å².